The highest BCUT2D eigenvalue weighted by molar-refractivity contribution is 6.17. The van der Waals surface area contributed by atoms with E-state index < -0.39 is 22.7 Å². The number of pyridine rings is 1. The third kappa shape index (κ3) is 2.30. The van der Waals surface area contributed by atoms with E-state index in [2.05, 4.69) is 4.98 Å². The van der Waals surface area contributed by atoms with Crippen molar-refractivity contribution in [1.29, 1.82) is 0 Å². The zero-order valence-electron chi connectivity index (χ0n) is 7.28. The van der Waals surface area contributed by atoms with Crippen molar-refractivity contribution in [3.63, 3.8) is 0 Å². The summed E-state index contributed by atoms with van der Waals surface area (Å²) in [6, 6.07) is 0.679. The SMILES string of the molecule is Nc1nc(C(F)F)cc([N+](=O)[O-])c1CCl. The van der Waals surface area contributed by atoms with Crippen molar-refractivity contribution in [3.8, 4) is 0 Å². The Balaban J connectivity index is 3.38. The van der Waals surface area contributed by atoms with Gasteiger partial charge in [0.05, 0.1) is 16.4 Å². The van der Waals surface area contributed by atoms with Gasteiger partial charge in [0, 0.05) is 6.07 Å². The Hall–Kier alpha value is -1.50. The topological polar surface area (TPSA) is 82.0 Å². The van der Waals surface area contributed by atoms with E-state index in [0.29, 0.717) is 6.07 Å². The fraction of sp³-hybridized carbons (Fsp3) is 0.286. The summed E-state index contributed by atoms with van der Waals surface area (Å²) in [6.45, 7) is 0. The predicted molar refractivity (Wildman–Crippen MR) is 49.8 cm³/mol. The van der Waals surface area contributed by atoms with Crippen molar-refractivity contribution >= 4 is 23.1 Å². The number of aromatic nitrogens is 1. The zero-order chi connectivity index (χ0) is 11.6. The summed E-state index contributed by atoms with van der Waals surface area (Å²) >= 11 is 5.40. The van der Waals surface area contributed by atoms with Gasteiger partial charge in [0.25, 0.3) is 12.1 Å². The van der Waals surface area contributed by atoms with Crippen LogP contribution >= 0.6 is 11.6 Å². The first-order valence-electron chi connectivity index (χ1n) is 3.75. The molecule has 0 atom stereocenters. The van der Waals surface area contributed by atoms with Crippen LogP contribution < -0.4 is 5.73 Å². The van der Waals surface area contributed by atoms with Crippen LogP contribution in [0.3, 0.4) is 0 Å². The Labute approximate surface area is 88.0 Å². The number of nitrogens with two attached hydrogens (primary N) is 1. The molecule has 0 aliphatic heterocycles. The van der Waals surface area contributed by atoms with Crippen molar-refractivity contribution in [2.75, 3.05) is 5.73 Å². The summed E-state index contributed by atoms with van der Waals surface area (Å²) in [7, 11) is 0. The van der Waals surface area contributed by atoms with E-state index in [9.17, 15) is 18.9 Å². The molecular weight excluding hydrogens is 232 g/mol. The number of nitrogens with zero attached hydrogens (tertiary/aromatic N) is 2. The van der Waals surface area contributed by atoms with Crippen molar-refractivity contribution in [2.24, 2.45) is 0 Å². The Morgan fingerprint density at radius 2 is 2.27 bits per heavy atom. The first kappa shape index (κ1) is 11.6. The summed E-state index contributed by atoms with van der Waals surface area (Å²) in [4.78, 5) is 13.0. The fourth-order valence-electron chi connectivity index (χ4n) is 1.01. The molecule has 8 heteroatoms. The van der Waals surface area contributed by atoms with Crippen LogP contribution in [0.5, 0.6) is 0 Å². The molecule has 1 aromatic rings. The van der Waals surface area contributed by atoms with Gasteiger partial charge in [-0.2, -0.15) is 0 Å². The summed E-state index contributed by atoms with van der Waals surface area (Å²) in [5, 5.41) is 10.5. The maximum Gasteiger partial charge on any atom is 0.280 e. The zero-order valence-corrected chi connectivity index (χ0v) is 8.04. The van der Waals surface area contributed by atoms with Gasteiger partial charge in [-0.3, -0.25) is 10.1 Å². The fourth-order valence-corrected chi connectivity index (χ4v) is 1.28. The molecule has 0 saturated carbocycles. The van der Waals surface area contributed by atoms with Gasteiger partial charge in [-0.1, -0.05) is 0 Å². The lowest BCUT2D eigenvalue weighted by atomic mass is 10.2. The predicted octanol–water partition coefficient (Wildman–Crippen LogP) is 2.25. The molecule has 2 N–H and O–H groups in total. The van der Waals surface area contributed by atoms with E-state index in [1.165, 1.54) is 0 Å². The number of hydrogen-bond acceptors (Lipinski definition) is 4. The molecule has 0 aliphatic rings. The first-order chi connectivity index (χ1) is 6.97. The molecule has 0 fully saturated rings. The minimum absolute atomic E-state index is 0.0499. The number of hydrogen-bond donors (Lipinski definition) is 1. The molecular formula is C7H6ClF2N3O2. The Kier molecular flexibility index (Phi) is 3.35. The van der Waals surface area contributed by atoms with Gasteiger partial charge in [-0.25, -0.2) is 13.8 Å². The number of anilines is 1. The number of rotatable bonds is 3. The highest BCUT2D eigenvalue weighted by atomic mass is 35.5. The molecule has 0 aliphatic carbocycles. The third-order valence-electron chi connectivity index (χ3n) is 1.71. The van der Waals surface area contributed by atoms with Crippen LogP contribution in [0.4, 0.5) is 20.3 Å². The largest absolute Gasteiger partial charge is 0.383 e. The van der Waals surface area contributed by atoms with Crippen LogP contribution in [0.1, 0.15) is 17.7 Å². The van der Waals surface area contributed by atoms with Gasteiger partial charge in [-0.15, -0.1) is 11.6 Å². The van der Waals surface area contributed by atoms with Crippen molar-refractivity contribution < 1.29 is 13.7 Å². The molecule has 1 heterocycles. The first-order valence-corrected chi connectivity index (χ1v) is 4.28. The van der Waals surface area contributed by atoms with Crippen molar-refractivity contribution in [1.82, 2.24) is 4.98 Å². The summed E-state index contributed by atoms with van der Waals surface area (Å²) in [5.41, 5.74) is 3.96. The van der Waals surface area contributed by atoms with E-state index in [1.807, 2.05) is 0 Å². The van der Waals surface area contributed by atoms with Crippen LogP contribution in [-0.2, 0) is 5.88 Å². The minimum atomic E-state index is -2.91. The standard InChI is InChI=1S/C7H6ClF2N3O2/c8-2-3-5(13(14)15)1-4(6(9)10)12-7(3)11/h1,6H,2H2,(H2,11,12). The number of halogens is 3. The average molecular weight is 238 g/mol. The van der Waals surface area contributed by atoms with Crippen LogP contribution in [0.15, 0.2) is 6.07 Å². The average Bonchev–Trinajstić information content (AvgIpc) is 2.16. The molecule has 15 heavy (non-hydrogen) atoms. The van der Waals surface area contributed by atoms with Crippen molar-refractivity contribution in [2.45, 2.75) is 12.3 Å². The minimum Gasteiger partial charge on any atom is -0.383 e. The Morgan fingerprint density at radius 3 is 2.67 bits per heavy atom. The molecule has 1 aromatic heterocycles. The van der Waals surface area contributed by atoms with Gasteiger partial charge >= 0.3 is 0 Å². The van der Waals surface area contributed by atoms with E-state index >= 15 is 0 Å². The lowest BCUT2D eigenvalue weighted by Gasteiger charge is -2.05. The summed E-state index contributed by atoms with van der Waals surface area (Å²) in [5.74, 6) is -0.590. The van der Waals surface area contributed by atoms with Crippen LogP contribution in [0, 0.1) is 10.1 Å². The molecule has 0 spiro atoms. The summed E-state index contributed by atoms with van der Waals surface area (Å²) in [6.07, 6.45) is -2.91. The molecule has 0 aromatic carbocycles. The number of nitrogen functional groups attached to an aromatic ring is 1. The number of alkyl halides is 3. The van der Waals surface area contributed by atoms with Gasteiger partial charge < -0.3 is 5.73 Å². The van der Waals surface area contributed by atoms with Gasteiger partial charge in [0.1, 0.15) is 11.5 Å². The van der Waals surface area contributed by atoms with Gasteiger partial charge in [0.15, 0.2) is 0 Å². The van der Waals surface area contributed by atoms with Gasteiger partial charge in [-0.05, 0) is 0 Å². The second-order valence-corrected chi connectivity index (χ2v) is 2.89. The highest BCUT2D eigenvalue weighted by Gasteiger charge is 2.22. The van der Waals surface area contributed by atoms with Gasteiger partial charge in [0.2, 0.25) is 0 Å². The van der Waals surface area contributed by atoms with E-state index in [4.69, 9.17) is 17.3 Å². The molecule has 82 valence electrons. The van der Waals surface area contributed by atoms with Crippen LogP contribution in [0.25, 0.3) is 0 Å². The lowest BCUT2D eigenvalue weighted by Crippen LogP contribution is -2.05. The van der Waals surface area contributed by atoms with Crippen LogP contribution in [-0.4, -0.2) is 9.91 Å². The van der Waals surface area contributed by atoms with E-state index in [1.54, 1.807) is 0 Å². The molecule has 0 saturated heterocycles. The van der Waals surface area contributed by atoms with E-state index in [0.717, 1.165) is 0 Å². The molecule has 0 amide bonds. The van der Waals surface area contributed by atoms with Crippen molar-refractivity contribution in [3.05, 3.63) is 27.4 Å². The monoisotopic (exact) mass is 237 g/mol. The quantitative estimate of drug-likeness (QED) is 0.497. The molecule has 5 nitrogen and oxygen atoms in total. The Bertz CT molecular complexity index is 400. The van der Waals surface area contributed by atoms with E-state index in [-0.39, 0.29) is 17.3 Å². The molecule has 0 unspecified atom stereocenters. The normalized spacial score (nSPS) is 10.7. The summed E-state index contributed by atoms with van der Waals surface area (Å²) < 4.78 is 24.5. The van der Waals surface area contributed by atoms with Crippen LogP contribution in [0.2, 0.25) is 0 Å². The second kappa shape index (κ2) is 4.35. The maximum absolute atomic E-state index is 12.3. The molecule has 1 rings (SSSR count). The number of nitro groups is 1. The Morgan fingerprint density at radius 1 is 1.67 bits per heavy atom. The maximum atomic E-state index is 12.3. The smallest absolute Gasteiger partial charge is 0.280 e. The lowest BCUT2D eigenvalue weighted by molar-refractivity contribution is -0.385. The molecule has 0 bridgehead atoms. The highest BCUT2D eigenvalue weighted by Crippen LogP contribution is 2.29. The third-order valence-corrected chi connectivity index (χ3v) is 1.97. The molecule has 0 radical (unpaired) electrons. The second-order valence-electron chi connectivity index (χ2n) is 2.62.